The minimum Gasteiger partial charge on any atom is -0.461 e. The largest absolute Gasteiger partial charge is 0.461 e. The van der Waals surface area contributed by atoms with Gasteiger partial charge in [0.15, 0.2) is 0 Å². The van der Waals surface area contributed by atoms with Gasteiger partial charge in [0.1, 0.15) is 17.0 Å². The van der Waals surface area contributed by atoms with E-state index in [0.717, 1.165) is 45.0 Å². The molecule has 0 saturated heterocycles. The van der Waals surface area contributed by atoms with Gasteiger partial charge in [-0.25, -0.2) is 0 Å². The Bertz CT molecular complexity index is 772. The van der Waals surface area contributed by atoms with Crippen molar-refractivity contribution in [2.75, 3.05) is 13.2 Å². The zero-order valence-corrected chi connectivity index (χ0v) is 14.8. The maximum absolute atomic E-state index is 6.32. The van der Waals surface area contributed by atoms with E-state index in [1.54, 1.807) is 0 Å². The van der Waals surface area contributed by atoms with Gasteiger partial charge in [-0.05, 0) is 30.7 Å². The Morgan fingerprint density at radius 3 is 3.00 bits per heavy atom. The molecule has 1 aromatic rings. The number of fused-ring (bicyclic) bond motifs is 3. The maximum atomic E-state index is 6.32. The molecule has 2 aliphatic heterocycles. The van der Waals surface area contributed by atoms with Crippen molar-refractivity contribution in [1.29, 1.82) is 0 Å². The highest BCUT2D eigenvalue weighted by molar-refractivity contribution is 9.10. The second kappa shape index (κ2) is 5.65. The van der Waals surface area contributed by atoms with Crippen LogP contribution in [0.3, 0.4) is 0 Å². The number of nitrogens with zero attached hydrogens (tertiary/aromatic N) is 1. The van der Waals surface area contributed by atoms with E-state index in [1.165, 1.54) is 0 Å². The molecule has 0 aromatic heterocycles. The van der Waals surface area contributed by atoms with Crippen LogP contribution in [0.2, 0.25) is 0 Å². The molecule has 1 atom stereocenters. The fourth-order valence-corrected chi connectivity index (χ4v) is 3.90. The van der Waals surface area contributed by atoms with Crippen molar-refractivity contribution in [1.82, 2.24) is 0 Å². The number of amidine groups is 1. The van der Waals surface area contributed by atoms with Crippen LogP contribution in [0.5, 0.6) is 5.75 Å². The number of ether oxygens (including phenoxy) is 2. The first-order chi connectivity index (χ1) is 11.1. The zero-order chi connectivity index (χ0) is 16.0. The van der Waals surface area contributed by atoms with E-state index >= 15 is 0 Å². The standard InChI is InChI=1S/C17H16BrClN2O2/c18-10-1-3-14-12(7-10)17(9-22-6-5-16(20)21-17)13-8-11(19)2-4-15(13)23-14/h1,3,7-8H,2,4-6,9H2,(H2,20,21). The van der Waals surface area contributed by atoms with Gasteiger partial charge in [0.05, 0.1) is 19.0 Å². The molecule has 0 fully saturated rings. The van der Waals surface area contributed by atoms with Crippen molar-refractivity contribution in [3.63, 3.8) is 0 Å². The summed E-state index contributed by atoms with van der Waals surface area (Å²) < 4.78 is 13.0. The van der Waals surface area contributed by atoms with Gasteiger partial charge in [-0.3, -0.25) is 4.99 Å². The highest BCUT2D eigenvalue weighted by Gasteiger charge is 2.45. The molecule has 4 nitrogen and oxygen atoms in total. The van der Waals surface area contributed by atoms with E-state index in [0.29, 0.717) is 25.5 Å². The van der Waals surface area contributed by atoms with Crippen LogP contribution >= 0.6 is 27.5 Å². The highest BCUT2D eigenvalue weighted by atomic mass is 79.9. The summed E-state index contributed by atoms with van der Waals surface area (Å²) in [5, 5.41) is 0.809. The van der Waals surface area contributed by atoms with Crippen molar-refractivity contribution in [2.45, 2.75) is 24.8 Å². The van der Waals surface area contributed by atoms with Crippen molar-refractivity contribution in [3.8, 4) is 5.75 Å². The molecule has 6 heteroatoms. The summed E-state index contributed by atoms with van der Waals surface area (Å²) in [7, 11) is 0. The molecular formula is C17H16BrClN2O2. The van der Waals surface area contributed by atoms with Crippen molar-refractivity contribution < 1.29 is 9.47 Å². The lowest BCUT2D eigenvalue weighted by Crippen LogP contribution is -2.37. The molecule has 0 amide bonds. The molecule has 0 bridgehead atoms. The van der Waals surface area contributed by atoms with Crippen LogP contribution in [0, 0.1) is 0 Å². The number of nitrogens with two attached hydrogens (primary N) is 1. The highest BCUT2D eigenvalue weighted by Crippen LogP contribution is 2.50. The quantitative estimate of drug-likeness (QED) is 0.723. The Hall–Kier alpha value is -1.30. The molecule has 3 aliphatic rings. The number of halogens is 2. The molecule has 1 unspecified atom stereocenters. The molecule has 1 aromatic carbocycles. The lowest BCUT2D eigenvalue weighted by molar-refractivity contribution is 0.105. The average molecular weight is 396 g/mol. The van der Waals surface area contributed by atoms with E-state index in [1.807, 2.05) is 24.3 Å². The molecular weight excluding hydrogens is 380 g/mol. The van der Waals surface area contributed by atoms with E-state index in [2.05, 4.69) is 15.9 Å². The van der Waals surface area contributed by atoms with Gasteiger partial charge in [-0.1, -0.05) is 27.5 Å². The van der Waals surface area contributed by atoms with E-state index in [4.69, 9.17) is 31.8 Å². The molecule has 0 saturated carbocycles. The van der Waals surface area contributed by atoms with Gasteiger partial charge in [0.25, 0.3) is 0 Å². The Morgan fingerprint density at radius 1 is 1.26 bits per heavy atom. The van der Waals surface area contributed by atoms with Crippen LogP contribution in [0.1, 0.15) is 24.8 Å². The third-order valence-corrected chi connectivity index (χ3v) is 5.20. The summed E-state index contributed by atoms with van der Waals surface area (Å²) in [5.74, 6) is 2.31. The van der Waals surface area contributed by atoms with Gasteiger partial charge in [0.2, 0.25) is 0 Å². The van der Waals surface area contributed by atoms with Crippen LogP contribution in [0.15, 0.2) is 50.1 Å². The number of benzene rings is 1. The minimum atomic E-state index is -0.687. The Kier molecular flexibility index (Phi) is 3.75. The molecule has 23 heavy (non-hydrogen) atoms. The fourth-order valence-electron chi connectivity index (χ4n) is 3.33. The Morgan fingerprint density at radius 2 is 2.13 bits per heavy atom. The zero-order valence-electron chi connectivity index (χ0n) is 12.4. The second-order valence-electron chi connectivity index (χ2n) is 5.94. The van der Waals surface area contributed by atoms with Crippen LogP contribution in [0.25, 0.3) is 0 Å². The summed E-state index contributed by atoms with van der Waals surface area (Å²) in [5.41, 5.74) is 7.37. The van der Waals surface area contributed by atoms with Crippen molar-refractivity contribution >= 4 is 33.4 Å². The van der Waals surface area contributed by atoms with Gasteiger partial charge in [-0.15, -0.1) is 0 Å². The number of allylic oxidation sites excluding steroid dienone is 2. The van der Waals surface area contributed by atoms with Gasteiger partial charge in [0, 0.05) is 33.5 Å². The molecule has 0 radical (unpaired) electrons. The summed E-state index contributed by atoms with van der Waals surface area (Å²) >= 11 is 9.86. The topological polar surface area (TPSA) is 56.8 Å². The molecule has 4 rings (SSSR count). The normalized spacial score (nSPS) is 26.7. The number of aliphatic imine (C=N–C) groups is 1. The summed E-state index contributed by atoms with van der Waals surface area (Å²) in [4.78, 5) is 4.88. The molecule has 2 heterocycles. The third-order valence-electron chi connectivity index (χ3n) is 4.41. The minimum absolute atomic E-state index is 0.431. The van der Waals surface area contributed by atoms with Gasteiger partial charge in [-0.2, -0.15) is 0 Å². The molecule has 120 valence electrons. The molecule has 2 N–H and O–H groups in total. The smallest absolute Gasteiger partial charge is 0.143 e. The lowest BCUT2D eigenvalue weighted by Gasteiger charge is -2.39. The predicted octanol–water partition coefficient (Wildman–Crippen LogP) is 3.98. The number of hydrogen-bond donors (Lipinski definition) is 1. The van der Waals surface area contributed by atoms with Crippen LogP contribution in [-0.2, 0) is 10.3 Å². The van der Waals surface area contributed by atoms with E-state index < -0.39 is 5.54 Å². The van der Waals surface area contributed by atoms with Crippen molar-refractivity contribution in [2.24, 2.45) is 10.7 Å². The first kappa shape index (κ1) is 15.2. The first-order valence-corrected chi connectivity index (χ1v) is 8.75. The van der Waals surface area contributed by atoms with Crippen molar-refractivity contribution in [3.05, 3.63) is 50.7 Å². The van der Waals surface area contributed by atoms with E-state index in [9.17, 15) is 0 Å². The van der Waals surface area contributed by atoms with E-state index in [-0.39, 0.29) is 0 Å². The van der Waals surface area contributed by atoms with Crippen LogP contribution in [-0.4, -0.2) is 19.0 Å². The second-order valence-corrected chi connectivity index (χ2v) is 7.34. The SMILES string of the molecule is NC1=NC2(COCC1)C1=C(CCC(Cl)=C1)Oc1ccc(Br)cc12. The first-order valence-electron chi connectivity index (χ1n) is 7.58. The number of rotatable bonds is 0. The summed E-state index contributed by atoms with van der Waals surface area (Å²) in [6.07, 6.45) is 4.14. The Balaban J connectivity index is 2.00. The third kappa shape index (κ3) is 2.51. The average Bonchev–Trinajstić information content (AvgIpc) is 2.72. The maximum Gasteiger partial charge on any atom is 0.143 e. The fraction of sp³-hybridized carbons (Fsp3) is 0.353. The molecule has 1 aliphatic carbocycles. The predicted molar refractivity (Wildman–Crippen MR) is 93.7 cm³/mol. The monoisotopic (exact) mass is 394 g/mol. The van der Waals surface area contributed by atoms with Crippen LogP contribution in [0.4, 0.5) is 0 Å². The van der Waals surface area contributed by atoms with Crippen LogP contribution < -0.4 is 10.5 Å². The van der Waals surface area contributed by atoms with Gasteiger partial charge >= 0.3 is 0 Å². The lowest BCUT2D eigenvalue weighted by atomic mass is 9.78. The number of hydrogen-bond acceptors (Lipinski definition) is 4. The summed E-state index contributed by atoms with van der Waals surface area (Å²) in [6.45, 7) is 1.00. The summed E-state index contributed by atoms with van der Waals surface area (Å²) in [6, 6.07) is 5.96. The van der Waals surface area contributed by atoms with Gasteiger partial charge < -0.3 is 15.2 Å². The molecule has 1 spiro atoms. The Labute approximate surface area is 148 Å².